The van der Waals surface area contributed by atoms with Crippen LogP contribution in [0.25, 0.3) is 0 Å². The molecule has 1 aliphatic heterocycles. The van der Waals surface area contributed by atoms with Gasteiger partial charge in [-0.05, 0) is 99.0 Å². The molecule has 0 aromatic heterocycles. The number of halogens is 3. The van der Waals surface area contributed by atoms with Crippen molar-refractivity contribution in [1.29, 1.82) is 0 Å². The Morgan fingerprint density at radius 2 is 1.29 bits per heavy atom. The van der Waals surface area contributed by atoms with Crippen LogP contribution in [0.3, 0.4) is 0 Å². The van der Waals surface area contributed by atoms with Crippen molar-refractivity contribution in [2.45, 2.75) is 111 Å². The average molecular weight is 610 g/mol. The van der Waals surface area contributed by atoms with Gasteiger partial charge in [0.05, 0.1) is 35.2 Å². The van der Waals surface area contributed by atoms with Crippen molar-refractivity contribution < 1.29 is 54.1 Å². The van der Waals surface area contributed by atoms with Gasteiger partial charge in [0.2, 0.25) is 0 Å². The number of carbonyl (C=O) groups is 2. The zero-order valence-electron chi connectivity index (χ0n) is 25.1. The highest BCUT2D eigenvalue weighted by atomic mass is 32.2. The van der Waals surface area contributed by atoms with E-state index in [0.29, 0.717) is 13.0 Å². The summed E-state index contributed by atoms with van der Waals surface area (Å²) in [6.07, 6.45) is 5.70. The smallest absolute Gasteiger partial charge is 0.466 e. The molecule has 0 aromatic carbocycles. The molecular formula is C27H42BF3O9S. The molecule has 1 saturated heterocycles. The topological polar surface area (TPSA) is 114 Å². The predicted octanol–water partition coefficient (Wildman–Crippen LogP) is 5.79. The molecule has 1 fully saturated rings. The fourth-order valence-corrected chi connectivity index (χ4v) is 4.90. The molecule has 0 amide bonds. The van der Waals surface area contributed by atoms with Gasteiger partial charge in [-0.2, -0.15) is 21.6 Å². The Labute approximate surface area is 241 Å². The van der Waals surface area contributed by atoms with Gasteiger partial charge in [0.1, 0.15) is 5.76 Å². The molecule has 0 saturated carbocycles. The summed E-state index contributed by atoms with van der Waals surface area (Å²) >= 11 is 0. The minimum Gasteiger partial charge on any atom is -0.466 e. The van der Waals surface area contributed by atoms with Crippen LogP contribution < -0.4 is 0 Å². The van der Waals surface area contributed by atoms with Gasteiger partial charge in [-0.3, -0.25) is 9.59 Å². The van der Waals surface area contributed by atoms with Gasteiger partial charge < -0.3 is 23.0 Å². The third-order valence-electron chi connectivity index (χ3n) is 8.08. The molecule has 1 heterocycles. The fourth-order valence-electron chi connectivity index (χ4n) is 4.38. The second kappa shape index (κ2) is 12.7. The van der Waals surface area contributed by atoms with E-state index in [1.807, 2.05) is 13.8 Å². The lowest BCUT2D eigenvalue weighted by atomic mass is 9.66. The Morgan fingerprint density at radius 3 is 1.63 bits per heavy atom. The van der Waals surface area contributed by atoms with Crippen molar-refractivity contribution in [1.82, 2.24) is 0 Å². The first-order valence-electron chi connectivity index (χ1n) is 13.7. The largest absolute Gasteiger partial charge is 0.534 e. The summed E-state index contributed by atoms with van der Waals surface area (Å²) in [7, 11) is -5.94. The quantitative estimate of drug-likeness (QED) is 0.153. The molecule has 14 heteroatoms. The van der Waals surface area contributed by atoms with Crippen molar-refractivity contribution >= 4 is 29.2 Å². The van der Waals surface area contributed by atoms with Crippen molar-refractivity contribution in [3.05, 3.63) is 23.4 Å². The second-order valence-corrected chi connectivity index (χ2v) is 13.5. The third kappa shape index (κ3) is 8.28. The minimum atomic E-state index is -5.65. The lowest BCUT2D eigenvalue weighted by Crippen LogP contribution is -2.41. The molecule has 0 spiro atoms. The zero-order valence-corrected chi connectivity index (χ0v) is 25.9. The van der Waals surface area contributed by atoms with Crippen molar-refractivity contribution in [3.8, 4) is 0 Å². The molecule has 2 atom stereocenters. The van der Waals surface area contributed by atoms with Crippen molar-refractivity contribution in [2.24, 2.45) is 10.8 Å². The monoisotopic (exact) mass is 610 g/mol. The summed E-state index contributed by atoms with van der Waals surface area (Å²) in [4.78, 5) is 23.7. The Kier molecular flexibility index (Phi) is 10.9. The highest BCUT2D eigenvalue weighted by Crippen LogP contribution is 2.43. The molecule has 3 aliphatic rings. The first-order valence-corrected chi connectivity index (χ1v) is 15.1. The Balaban J connectivity index is 0.000000287. The van der Waals surface area contributed by atoms with Crippen LogP contribution in [0.2, 0.25) is 0 Å². The number of rotatable bonds is 7. The lowest BCUT2D eigenvalue weighted by Gasteiger charge is -2.32. The van der Waals surface area contributed by atoms with Crippen LogP contribution in [0.5, 0.6) is 0 Å². The molecule has 2 unspecified atom stereocenters. The maximum absolute atomic E-state index is 12.2. The molecule has 0 N–H and O–H groups in total. The van der Waals surface area contributed by atoms with E-state index in [2.05, 4.69) is 38.0 Å². The molecule has 9 nitrogen and oxygen atoms in total. The van der Waals surface area contributed by atoms with Gasteiger partial charge in [0.15, 0.2) is 0 Å². The second-order valence-electron chi connectivity index (χ2n) is 12.0. The van der Waals surface area contributed by atoms with Crippen LogP contribution in [0, 0.1) is 10.8 Å². The zero-order chi connectivity index (χ0) is 31.5. The average Bonchev–Trinajstić information content (AvgIpc) is 3.07. The molecule has 0 aromatic rings. The summed E-state index contributed by atoms with van der Waals surface area (Å²) in [6, 6.07) is 0. The SMILES string of the molecule is CCOC(=O)C1(C)CC=C(B2OC(C)(C)C(C)(C)O2)CC1.CCOC(=O)C1(C)CC=C(OS(=O)(=O)C(F)(F)F)CC1. The first-order chi connectivity index (χ1) is 18.6. The van der Waals surface area contributed by atoms with E-state index in [0.717, 1.165) is 18.3 Å². The van der Waals surface area contributed by atoms with E-state index < -0.39 is 32.4 Å². The maximum atomic E-state index is 12.2. The molecular weight excluding hydrogens is 568 g/mol. The van der Waals surface area contributed by atoms with E-state index in [-0.39, 0.29) is 55.9 Å². The van der Waals surface area contributed by atoms with Gasteiger partial charge in [0.25, 0.3) is 0 Å². The van der Waals surface area contributed by atoms with Gasteiger partial charge in [-0.15, -0.1) is 0 Å². The Morgan fingerprint density at radius 1 is 0.854 bits per heavy atom. The standard InChI is InChI=1S/C16H27BO4.C11H15F3O5S/c1-7-19-13(18)16(6)10-8-12(9-11-16)17-20-14(2,3)15(4,5)21-17;1-3-18-9(15)10(2)6-4-8(5-7-10)19-20(16,17)11(12,13)14/h8H,7,9-11H2,1-6H3;4H,3,5-7H2,1-2H3. The van der Waals surface area contributed by atoms with Crippen LogP contribution in [-0.4, -0.2) is 57.4 Å². The van der Waals surface area contributed by atoms with Crippen LogP contribution in [0.15, 0.2) is 23.4 Å². The van der Waals surface area contributed by atoms with Crippen LogP contribution in [0.4, 0.5) is 13.2 Å². The van der Waals surface area contributed by atoms with Crippen molar-refractivity contribution in [2.75, 3.05) is 13.2 Å². The number of alkyl halides is 3. The number of ether oxygens (including phenoxy) is 2. The van der Waals surface area contributed by atoms with E-state index in [4.69, 9.17) is 18.8 Å². The van der Waals surface area contributed by atoms with Crippen LogP contribution in [-0.2, 0) is 42.7 Å². The van der Waals surface area contributed by atoms with Gasteiger partial charge in [0, 0.05) is 6.42 Å². The Hall–Kier alpha value is -2.06. The number of esters is 2. The van der Waals surface area contributed by atoms with Gasteiger partial charge in [-0.1, -0.05) is 6.08 Å². The summed E-state index contributed by atoms with van der Waals surface area (Å²) in [5, 5.41) is 0. The molecule has 3 rings (SSSR count). The lowest BCUT2D eigenvalue weighted by molar-refractivity contribution is -0.155. The van der Waals surface area contributed by atoms with E-state index in [9.17, 15) is 31.2 Å². The maximum Gasteiger partial charge on any atom is 0.534 e. The Bertz CT molecular complexity index is 1130. The van der Waals surface area contributed by atoms with Crippen LogP contribution >= 0.6 is 0 Å². The highest BCUT2D eigenvalue weighted by molar-refractivity contribution is 7.87. The molecule has 234 valence electrons. The van der Waals surface area contributed by atoms with Crippen molar-refractivity contribution in [3.63, 3.8) is 0 Å². The molecule has 0 radical (unpaired) electrons. The van der Waals surface area contributed by atoms with Gasteiger partial charge >= 0.3 is 34.7 Å². The van der Waals surface area contributed by atoms with E-state index in [1.165, 1.54) is 6.08 Å². The summed E-state index contributed by atoms with van der Waals surface area (Å²) in [5.74, 6) is -0.868. The molecule has 2 aliphatic carbocycles. The van der Waals surface area contributed by atoms with Crippen LogP contribution in [0.1, 0.15) is 93.9 Å². The summed E-state index contributed by atoms with van der Waals surface area (Å²) < 4.78 is 84.4. The number of carbonyl (C=O) groups excluding carboxylic acids is 2. The van der Waals surface area contributed by atoms with E-state index in [1.54, 1.807) is 13.8 Å². The highest BCUT2D eigenvalue weighted by Gasteiger charge is 2.53. The predicted molar refractivity (Wildman–Crippen MR) is 145 cm³/mol. The third-order valence-corrected chi connectivity index (χ3v) is 9.08. The minimum absolute atomic E-state index is 0.0640. The number of hydrogen-bond acceptors (Lipinski definition) is 9. The number of hydrogen-bond donors (Lipinski definition) is 0. The normalized spacial score (nSPS) is 27.5. The molecule has 41 heavy (non-hydrogen) atoms. The fraction of sp³-hybridized carbons (Fsp3) is 0.778. The van der Waals surface area contributed by atoms with E-state index >= 15 is 0 Å². The van der Waals surface area contributed by atoms with Gasteiger partial charge in [-0.25, -0.2) is 0 Å². The first kappa shape index (κ1) is 35.1. The summed E-state index contributed by atoms with van der Waals surface area (Å²) in [5.41, 5.74) is -6.24. The number of allylic oxidation sites excluding steroid dienone is 4. The summed E-state index contributed by atoms with van der Waals surface area (Å²) in [6.45, 7) is 15.9. The molecule has 0 bridgehead atoms.